The zero-order chi connectivity index (χ0) is 18.1. The van der Waals surface area contributed by atoms with Gasteiger partial charge >= 0.3 is 0 Å². The fourth-order valence-corrected chi connectivity index (χ4v) is 3.45. The lowest BCUT2D eigenvalue weighted by Gasteiger charge is -2.25. The molecule has 0 aliphatic carbocycles. The standard InChI is InChI=1S/C20H19N3O3/c1-25-17-10-6-9-14(19(17)26-2)15-11-18(24)22-20-16(15)12-21-23(20)13-7-4-3-5-8-13/h3-10,12,15H,11H2,1-2H3,(H,22,24)/t15-/m0/s1. The Kier molecular flexibility index (Phi) is 4.08. The molecule has 1 aliphatic rings. The number of amides is 1. The van der Waals surface area contributed by atoms with Crippen LogP contribution in [-0.4, -0.2) is 29.9 Å². The Morgan fingerprint density at radius 2 is 1.85 bits per heavy atom. The van der Waals surface area contributed by atoms with Crippen molar-refractivity contribution in [2.45, 2.75) is 12.3 Å². The number of fused-ring (bicyclic) bond motifs is 1. The molecule has 1 amide bonds. The molecule has 1 aromatic heterocycles. The summed E-state index contributed by atoms with van der Waals surface area (Å²) < 4.78 is 12.7. The van der Waals surface area contributed by atoms with Crippen LogP contribution in [0.25, 0.3) is 5.69 Å². The average molecular weight is 349 g/mol. The van der Waals surface area contributed by atoms with Crippen molar-refractivity contribution in [3.05, 3.63) is 65.9 Å². The minimum absolute atomic E-state index is 0.0509. The number of methoxy groups -OCH3 is 2. The lowest BCUT2D eigenvalue weighted by molar-refractivity contribution is -0.116. The fraction of sp³-hybridized carbons (Fsp3) is 0.200. The van der Waals surface area contributed by atoms with Gasteiger partial charge in [-0.05, 0) is 18.2 Å². The number of ether oxygens (including phenoxy) is 2. The van der Waals surface area contributed by atoms with Gasteiger partial charge in [-0.3, -0.25) is 4.79 Å². The van der Waals surface area contributed by atoms with E-state index in [-0.39, 0.29) is 11.8 Å². The lowest BCUT2D eigenvalue weighted by atomic mass is 9.86. The molecule has 6 nitrogen and oxygen atoms in total. The molecule has 3 aromatic rings. The molecule has 26 heavy (non-hydrogen) atoms. The van der Waals surface area contributed by atoms with Crippen molar-refractivity contribution in [3.8, 4) is 17.2 Å². The van der Waals surface area contributed by atoms with Crippen molar-refractivity contribution < 1.29 is 14.3 Å². The summed E-state index contributed by atoms with van der Waals surface area (Å²) in [7, 11) is 3.21. The van der Waals surface area contributed by atoms with Crippen molar-refractivity contribution in [1.29, 1.82) is 0 Å². The van der Waals surface area contributed by atoms with Gasteiger partial charge in [0.1, 0.15) is 5.82 Å². The number of nitrogens with one attached hydrogen (secondary N) is 1. The van der Waals surface area contributed by atoms with Gasteiger partial charge in [0.2, 0.25) is 5.91 Å². The molecule has 1 N–H and O–H groups in total. The first-order valence-corrected chi connectivity index (χ1v) is 8.37. The molecule has 0 unspecified atom stereocenters. The molecule has 4 rings (SSSR count). The molecule has 0 radical (unpaired) electrons. The summed E-state index contributed by atoms with van der Waals surface area (Å²) in [5, 5.41) is 7.47. The van der Waals surface area contributed by atoms with Gasteiger partial charge in [-0.15, -0.1) is 0 Å². The summed E-state index contributed by atoms with van der Waals surface area (Å²) in [6.07, 6.45) is 2.14. The first-order chi connectivity index (χ1) is 12.7. The highest BCUT2D eigenvalue weighted by Crippen LogP contribution is 2.44. The van der Waals surface area contributed by atoms with Crippen LogP contribution in [0.3, 0.4) is 0 Å². The summed E-state index contributed by atoms with van der Waals surface area (Å²) in [6.45, 7) is 0. The monoisotopic (exact) mass is 349 g/mol. The highest BCUT2D eigenvalue weighted by atomic mass is 16.5. The third-order valence-electron chi connectivity index (χ3n) is 4.63. The Bertz CT molecular complexity index is 950. The van der Waals surface area contributed by atoms with E-state index in [1.807, 2.05) is 54.7 Å². The molecule has 132 valence electrons. The molecule has 2 heterocycles. The van der Waals surface area contributed by atoms with Crippen molar-refractivity contribution >= 4 is 11.7 Å². The summed E-state index contributed by atoms with van der Waals surface area (Å²) in [5.74, 6) is 1.79. The van der Waals surface area contributed by atoms with E-state index in [2.05, 4.69) is 10.4 Å². The van der Waals surface area contributed by atoms with Crippen molar-refractivity contribution in [1.82, 2.24) is 9.78 Å². The molecule has 2 aromatic carbocycles. The second-order valence-corrected chi connectivity index (χ2v) is 6.08. The Labute approximate surface area is 151 Å². The quantitative estimate of drug-likeness (QED) is 0.784. The summed E-state index contributed by atoms with van der Waals surface area (Å²) in [6, 6.07) is 15.5. The van der Waals surface area contributed by atoms with Crippen LogP contribution >= 0.6 is 0 Å². The molecule has 1 atom stereocenters. The van der Waals surface area contributed by atoms with Crippen LogP contribution in [0.4, 0.5) is 5.82 Å². The third-order valence-corrected chi connectivity index (χ3v) is 4.63. The fourth-order valence-electron chi connectivity index (χ4n) is 3.45. The average Bonchev–Trinajstić information content (AvgIpc) is 3.11. The molecule has 0 spiro atoms. The molecule has 0 saturated heterocycles. The zero-order valence-corrected chi connectivity index (χ0v) is 14.6. The third kappa shape index (κ3) is 2.60. The van der Waals surface area contributed by atoms with Gasteiger partial charge in [-0.2, -0.15) is 5.10 Å². The molecular weight excluding hydrogens is 330 g/mol. The second-order valence-electron chi connectivity index (χ2n) is 6.08. The van der Waals surface area contributed by atoms with E-state index in [0.29, 0.717) is 23.7 Å². The highest BCUT2D eigenvalue weighted by Gasteiger charge is 2.32. The number of hydrogen-bond acceptors (Lipinski definition) is 4. The smallest absolute Gasteiger partial charge is 0.226 e. The van der Waals surface area contributed by atoms with Crippen molar-refractivity contribution in [2.75, 3.05) is 19.5 Å². The predicted octanol–water partition coefficient (Wildman–Crippen LogP) is 3.36. The highest BCUT2D eigenvalue weighted by molar-refractivity contribution is 5.94. The van der Waals surface area contributed by atoms with Gasteiger partial charge in [0.15, 0.2) is 11.5 Å². The Hall–Kier alpha value is -3.28. The Morgan fingerprint density at radius 1 is 1.04 bits per heavy atom. The van der Waals surface area contributed by atoms with Gasteiger partial charge in [0.05, 0.1) is 26.1 Å². The molecule has 1 aliphatic heterocycles. The Morgan fingerprint density at radius 3 is 2.58 bits per heavy atom. The maximum atomic E-state index is 12.4. The lowest BCUT2D eigenvalue weighted by Crippen LogP contribution is -2.24. The summed E-state index contributed by atoms with van der Waals surface area (Å²) >= 11 is 0. The number of para-hydroxylation sites is 2. The van der Waals surface area contributed by atoms with E-state index < -0.39 is 0 Å². The van der Waals surface area contributed by atoms with Crippen molar-refractivity contribution in [3.63, 3.8) is 0 Å². The van der Waals surface area contributed by atoms with E-state index in [0.717, 1.165) is 16.8 Å². The Balaban J connectivity index is 1.85. The minimum Gasteiger partial charge on any atom is -0.493 e. The van der Waals surface area contributed by atoms with Crippen LogP contribution in [0.1, 0.15) is 23.5 Å². The van der Waals surface area contributed by atoms with Gasteiger partial charge in [-0.25, -0.2) is 4.68 Å². The van der Waals surface area contributed by atoms with Crippen LogP contribution < -0.4 is 14.8 Å². The first-order valence-electron chi connectivity index (χ1n) is 8.37. The topological polar surface area (TPSA) is 65.4 Å². The predicted molar refractivity (Wildman–Crippen MR) is 98.2 cm³/mol. The number of anilines is 1. The largest absolute Gasteiger partial charge is 0.493 e. The van der Waals surface area contributed by atoms with E-state index in [4.69, 9.17) is 9.47 Å². The van der Waals surface area contributed by atoms with E-state index in [1.54, 1.807) is 18.9 Å². The van der Waals surface area contributed by atoms with Gasteiger partial charge in [0.25, 0.3) is 0 Å². The van der Waals surface area contributed by atoms with Crippen LogP contribution in [0.2, 0.25) is 0 Å². The van der Waals surface area contributed by atoms with E-state index in [9.17, 15) is 4.79 Å². The summed E-state index contributed by atoms with van der Waals surface area (Å²) in [5.41, 5.74) is 2.77. The molecule has 6 heteroatoms. The normalized spacial score (nSPS) is 15.9. The van der Waals surface area contributed by atoms with Crippen LogP contribution in [0.5, 0.6) is 11.5 Å². The summed E-state index contributed by atoms with van der Waals surface area (Å²) in [4.78, 5) is 12.4. The van der Waals surface area contributed by atoms with E-state index >= 15 is 0 Å². The van der Waals surface area contributed by atoms with Gasteiger partial charge in [0, 0.05) is 23.5 Å². The number of aromatic nitrogens is 2. The SMILES string of the molecule is COc1cccc([C@@H]2CC(=O)Nc3c2cnn3-c2ccccc2)c1OC. The molecular formula is C20H19N3O3. The number of nitrogens with zero attached hydrogens (tertiary/aromatic N) is 2. The number of rotatable bonds is 4. The van der Waals surface area contributed by atoms with Gasteiger partial charge < -0.3 is 14.8 Å². The molecule has 0 bridgehead atoms. The minimum atomic E-state index is -0.152. The van der Waals surface area contributed by atoms with Crippen LogP contribution in [-0.2, 0) is 4.79 Å². The number of carbonyl (C=O) groups is 1. The molecule has 0 fully saturated rings. The molecule has 0 saturated carbocycles. The first kappa shape index (κ1) is 16.2. The van der Waals surface area contributed by atoms with Gasteiger partial charge in [-0.1, -0.05) is 30.3 Å². The number of carbonyl (C=O) groups excluding carboxylic acids is 1. The number of benzene rings is 2. The van der Waals surface area contributed by atoms with Crippen LogP contribution in [0, 0.1) is 0 Å². The van der Waals surface area contributed by atoms with Crippen LogP contribution in [0.15, 0.2) is 54.7 Å². The van der Waals surface area contributed by atoms with E-state index in [1.165, 1.54) is 0 Å². The maximum absolute atomic E-state index is 12.4. The maximum Gasteiger partial charge on any atom is 0.226 e. The number of hydrogen-bond donors (Lipinski definition) is 1. The van der Waals surface area contributed by atoms with Crippen molar-refractivity contribution in [2.24, 2.45) is 0 Å². The second kappa shape index (κ2) is 6.55. The zero-order valence-electron chi connectivity index (χ0n) is 14.6.